The minimum atomic E-state index is -0.604. The summed E-state index contributed by atoms with van der Waals surface area (Å²) in [5.74, 6) is 0. The molecule has 2 N–H and O–H groups in total. The molecule has 3 unspecified atom stereocenters. The lowest BCUT2D eigenvalue weighted by Gasteiger charge is -2.36. The molecule has 3 saturated heterocycles. The van der Waals surface area contributed by atoms with Crippen LogP contribution in [-0.4, -0.2) is 60.5 Å². The van der Waals surface area contributed by atoms with Crippen molar-refractivity contribution in [2.45, 2.75) is 49.8 Å². The van der Waals surface area contributed by atoms with Crippen molar-refractivity contribution < 1.29 is 9.84 Å². The van der Waals surface area contributed by atoms with Crippen LogP contribution in [0.15, 0.2) is 0 Å². The summed E-state index contributed by atoms with van der Waals surface area (Å²) < 4.78 is 5.27. The zero-order chi connectivity index (χ0) is 11.7. The van der Waals surface area contributed by atoms with Crippen LogP contribution in [-0.2, 0) is 4.74 Å². The van der Waals surface area contributed by atoms with Crippen molar-refractivity contribution >= 4 is 0 Å². The number of piperidine rings is 1. The number of hydrogen-bond acceptors (Lipinski definition) is 4. The minimum absolute atomic E-state index is 0.502. The number of aliphatic hydroxyl groups is 1. The third-order valence-electron chi connectivity index (χ3n) is 4.62. The molecule has 3 heterocycles. The predicted molar refractivity (Wildman–Crippen MR) is 66.0 cm³/mol. The average molecular weight is 240 g/mol. The molecule has 0 aromatic heterocycles. The van der Waals surface area contributed by atoms with Crippen LogP contribution in [0.5, 0.6) is 0 Å². The Morgan fingerprint density at radius 3 is 3.12 bits per heavy atom. The van der Waals surface area contributed by atoms with Crippen LogP contribution >= 0.6 is 0 Å². The molecule has 0 aliphatic carbocycles. The highest BCUT2D eigenvalue weighted by Crippen LogP contribution is 2.27. The summed E-state index contributed by atoms with van der Waals surface area (Å²) in [5.41, 5.74) is -0.604. The zero-order valence-electron chi connectivity index (χ0n) is 10.5. The van der Waals surface area contributed by atoms with Gasteiger partial charge < -0.3 is 20.1 Å². The second kappa shape index (κ2) is 4.84. The summed E-state index contributed by atoms with van der Waals surface area (Å²) >= 11 is 0. The molecular weight excluding hydrogens is 216 g/mol. The first kappa shape index (κ1) is 11.9. The van der Waals surface area contributed by atoms with Gasteiger partial charge in [-0.3, -0.25) is 0 Å². The van der Waals surface area contributed by atoms with E-state index in [4.69, 9.17) is 4.74 Å². The van der Waals surface area contributed by atoms with Gasteiger partial charge in [0.15, 0.2) is 0 Å². The number of nitrogens with zero attached hydrogens (tertiary/aromatic N) is 1. The fourth-order valence-corrected chi connectivity index (χ4v) is 3.48. The molecular formula is C13H24N2O2. The molecule has 3 fully saturated rings. The summed E-state index contributed by atoms with van der Waals surface area (Å²) in [5, 5.41) is 13.8. The highest BCUT2D eigenvalue weighted by Gasteiger charge is 2.35. The molecule has 3 aliphatic heterocycles. The first-order valence-corrected chi connectivity index (χ1v) is 7.03. The molecule has 0 bridgehead atoms. The highest BCUT2D eigenvalue weighted by atomic mass is 16.5. The molecule has 98 valence electrons. The van der Waals surface area contributed by atoms with Gasteiger partial charge in [0.1, 0.15) is 5.60 Å². The standard InChI is InChI=1S/C13H24N2O2/c16-13(4-7-17-10-13)9-14-11-3-6-15-5-1-2-12(15)8-11/h11-12,14,16H,1-10H2. The van der Waals surface area contributed by atoms with Crippen LogP contribution in [0, 0.1) is 0 Å². The van der Waals surface area contributed by atoms with E-state index in [0.717, 1.165) is 12.5 Å². The third kappa shape index (κ3) is 2.65. The smallest absolute Gasteiger partial charge is 0.102 e. The summed E-state index contributed by atoms with van der Waals surface area (Å²) in [7, 11) is 0. The summed E-state index contributed by atoms with van der Waals surface area (Å²) in [6.07, 6.45) is 6.01. The second-order valence-electron chi connectivity index (χ2n) is 5.96. The van der Waals surface area contributed by atoms with E-state index in [9.17, 15) is 5.11 Å². The second-order valence-corrected chi connectivity index (χ2v) is 5.96. The predicted octanol–water partition coefficient (Wildman–Crippen LogP) is 0.354. The van der Waals surface area contributed by atoms with Crippen molar-refractivity contribution in [3.8, 4) is 0 Å². The Morgan fingerprint density at radius 1 is 1.35 bits per heavy atom. The number of hydrogen-bond donors (Lipinski definition) is 2. The topological polar surface area (TPSA) is 44.7 Å². The fraction of sp³-hybridized carbons (Fsp3) is 1.00. The first-order valence-electron chi connectivity index (χ1n) is 7.03. The van der Waals surface area contributed by atoms with Crippen molar-refractivity contribution in [3.05, 3.63) is 0 Å². The Morgan fingerprint density at radius 2 is 2.29 bits per heavy atom. The van der Waals surface area contributed by atoms with Gasteiger partial charge in [0.2, 0.25) is 0 Å². The third-order valence-corrected chi connectivity index (χ3v) is 4.62. The average Bonchev–Trinajstić information content (AvgIpc) is 2.95. The van der Waals surface area contributed by atoms with E-state index in [1.807, 2.05) is 0 Å². The van der Waals surface area contributed by atoms with Crippen molar-refractivity contribution in [2.24, 2.45) is 0 Å². The molecule has 4 heteroatoms. The lowest BCUT2D eigenvalue weighted by molar-refractivity contribution is 0.0216. The fourth-order valence-electron chi connectivity index (χ4n) is 3.48. The van der Waals surface area contributed by atoms with Crippen molar-refractivity contribution in [1.82, 2.24) is 10.2 Å². The van der Waals surface area contributed by atoms with Crippen LogP contribution in [0.25, 0.3) is 0 Å². The molecule has 17 heavy (non-hydrogen) atoms. The highest BCUT2D eigenvalue weighted by molar-refractivity contribution is 4.92. The van der Waals surface area contributed by atoms with Crippen LogP contribution in [0.3, 0.4) is 0 Å². The van der Waals surface area contributed by atoms with E-state index in [2.05, 4.69) is 10.2 Å². The maximum absolute atomic E-state index is 10.2. The lowest BCUT2D eigenvalue weighted by atomic mass is 9.96. The van der Waals surface area contributed by atoms with Gasteiger partial charge >= 0.3 is 0 Å². The first-order chi connectivity index (χ1) is 8.25. The Hall–Kier alpha value is -0.160. The van der Waals surface area contributed by atoms with E-state index in [-0.39, 0.29) is 0 Å². The van der Waals surface area contributed by atoms with Gasteiger partial charge in [-0.05, 0) is 38.8 Å². The van der Waals surface area contributed by atoms with Crippen LogP contribution in [0.2, 0.25) is 0 Å². The van der Waals surface area contributed by atoms with E-state index in [0.29, 0.717) is 25.8 Å². The van der Waals surface area contributed by atoms with Crippen molar-refractivity contribution in [2.75, 3.05) is 32.8 Å². The quantitative estimate of drug-likeness (QED) is 0.747. The van der Waals surface area contributed by atoms with Crippen LogP contribution in [0.1, 0.15) is 32.1 Å². The Labute approximate surface area is 103 Å². The summed E-state index contributed by atoms with van der Waals surface area (Å²) in [4.78, 5) is 2.63. The van der Waals surface area contributed by atoms with Gasteiger partial charge in [-0.1, -0.05) is 0 Å². The SMILES string of the molecule is OC1(CNC2CCN3CCCC3C2)CCOC1. The Balaban J connectivity index is 1.46. The molecule has 0 amide bonds. The van der Waals surface area contributed by atoms with Gasteiger partial charge in [0.25, 0.3) is 0 Å². The summed E-state index contributed by atoms with van der Waals surface area (Å²) in [6, 6.07) is 1.40. The van der Waals surface area contributed by atoms with E-state index in [1.54, 1.807) is 0 Å². The minimum Gasteiger partial charge on any atom is -0.386 e. The normalized spacial score (nSPS) is 42.9. The van der Waals surface area contributed by atoms with Gasteiger partial charge in [-0.2, -0.15) is 0 Å². The number of ether oxygens (including phenoxy) is 1. The Kier molecular flexibility index (Phi) is 3.39. The molecule has 3 atom stereocenters. The van der Waals surface area contributed by atoms with Gasteiger partial charge in [-0.25, -0.2) is 0 Å². The number of nitrogens with one attached hydrogen (secondary N) is 1. The molecule has 0 saturated carbocycles. The van der Waals surface area contributed by atoms with Crippen molar-refractivity contribution in [1.29, 1.82) is 0 Å². The monoisotopic (exact) mass is 240 g/mol. The van der Waals surface area contributed by atoms with Crippen LogP contribution in [0.4, 0.5) is 0 Å². The van der Waals surface area contributed by atoms with E-state index in [1.165, 1.54) is 38.8 Å². The molecule has 0 spiro atoms. The van der Waals surface area contributed by atoms with Gasteiger partial charge in [-0.15, -0.1) is 0 Å². The lowest BCUT2D eigenvalue weighted by Crippen LogP contribution is -2.50. The molecule has 0 aromatic rings. The maximum atomic E-state index is 10.2. The zero-order valence-corrected chi connectivity index (χ0v) is 10.5. The summed E-state index contributed by atoms with van der Waals surface area (Å²) in [6.45, 7) is 4.44. The van der Waals surface area contributed by atoms with E-state index < -0.39 is 5.60 Å². The molecule has 0 radical (unpaired) electrons. The van der Waals surface area contributed by atoms with Crippen LogP contribution < -0.4 is 5.32 Å². The van der Waals surface area contributed by atoms with E-state index >= 15 is 0 Å². The molecule has 3 aliphatic rings. The number of rotatable bonds is 3. The molecule has 3 rings (SSSR count). The Bertz CT molecular complexity index is 266. The molecule has 4 nitrogen and oxygen atoms in total. The van der Waals surface area contributed by atoms with Gasteiger partial charge in [0, 0.05) is 31.7 Å². The van der Waals surface area contributed by atoms with Gasteiger partial charge in [0.05, 0.1) is 6.61 Å². The number of fused-ring (bicyclic) bond motifs is 1. The molecule has 0 aromatic carbocycles. The largest absolute Gasteiger partial charge is 0.386 e. The maximum Gasteiger partial charge on any atom is 0.102 e. The van der Waals surface area contributed by atoms with Crippen molar-refractivity contribution in [3.63, 3.8) is 0 Å².